The molecule has 0 fully saturated rings. The van der Waals surface area contributed by atoms with Gasteiger partial charge in [-0.15, -0.1) is 0 Å². The van der Waals surface area contributed by atoms with E-state index < -0.39 is 0 Å². The van der Waals surface area contributed by atoms with Crippen molar-refractivity contribution >= 4 is 33.5 Å². The van der Waals surface area contributed by atoms with Crippen molar-refractivity contribution in [2.75, 3.05) is 0 Å². The Kier molecular flexibility index (Phi) is 1.99. The van der Waals surface area contributed by atoms with Crippen LogP contribution in [0.4, 0.5) is 0 Å². The van der Waals surface area contributed by atoms with Gasteiger partial charge in [-0.25, -0.2) is 0 Å². The molecule has 0 unspecified atom stereocenters. The molecule has 1 heterocycles. The van der Waals surface area contributed by atoms with Gasteiger partial charge in [-0.2, -0.15) is 0 Å². The Morgan fingerprint density at radius 2 is 1.71 bits per heavy atom. The summed E-state index contributed by atoms with van der Waals surface area (Å²) in [6.07, 6.45) is 0. The Balaban J connectivity index is 2.96. The minimum absolute atomic E-state index is 0.124. The number of phenolic OH excluding ortho intramolecular Hbond substituents is 2. The number of hydrogen-bond acceptors (Lipinski definition) is 3. The molecule has 0 aliphatic heterocycles. The summed E-state index contributed by atoms with van der Waals surface area (Å²) < 4.78 is 2.41. The molecular formula is C9H8INO3. The van der Waals surface area contributed by atoms with Crippen molar-refractivity contribution in [1.29, 1.82) is 0 Å². The van der Waals surface area contributed by atoms with E-state index in [4.69, 9.17) is 0 Å². The van der Waals surface area contributed by atoms with Gasteiger partial charge in [0.2, 0.25) is 0 Å². The second-order valence-corrected chi connectivity index (χ2v) is 4.08. The molecular weight excluding hydrogens is 297 g/mol. The van der Waals surface area contributed by atoms with Crippen molar-refractivity contribution < 1.29 is 15.3 Å². The van der Waals surface area contributed by atoms with E-state index in [2.05, 4.69) is 0 Å². The third kappa shape index (κ3) is 1.12. The van der Waals surface area contributed by atoms with Gasteiger partial charge in [0.25, 0.3) is 0 Å². The van der Waals surface area contributed by atoms with Gasteiger partial charge in [-0.05, 0) is 28.7 Å². The van der Waals surface area contributed by atoms with E-state index in [-0.39, 0.29) is 17.2 Å². The molecule has 5 heteroatoms. The summed E-state index contributed by atoms with van der Waals surface area (Å²) in [4.78, 5) is 0. The highest BCUT2D eigenvalue weighted by Crippen LogP contribution is 2.38. The second kappa shape index (κ2) is 2.94. The Bertz CT molecular complexity index is 473. The summed E-state index contributed by atoms with van der Waals surface area (Å²) in [7, 11) is 1.78. The van der Waals surface area contributed by atoms with E-state index in [1.165, 1.54) is 12.1 Å². The lowest BCUT2D eigenvalue weighted by atomic mass is 10.2. The predicted octanol–water partition coefficient (Wildman–Crippen LogP) is 1.90. The third-order valence-electron chi connectivity index (χ3n) is 2.20. The molecule has 0 atom stereocenters. The number of fused-ring (bicyclic) bond motifs is 1. The average Bonchev–Trinajstić information content (AvgIpc) is 2.34. The number of rotatable bonds is 0. The maximum Gasteiger partial charge on any atom is 0.159 e. The Labute approximate surface area is 93.5 Å². The van der Waals surface area contributed by atoms with Crippen LogP contribution in [0.2, 0.25) is 0 Å². The fraction of sp³-hybridized carbons (Fsp3) is 0.111. The summed E-state index contributed by atoms with van der Waals surface area (Å²) in [5.41, 5.74) is 0.683. The molecule has 74 valence electrons. The summed E-state index contributed by atoms with van der Waals surface area (Å²) in [6, 6.07) is 2.77. The first-order valence-electron chi connectivity index (χ1n) is 3.91. The van der Waals surface area contributed by atoms with Crippen LogP contribution in [0.3, 0.4) is 0 Å². The SMILES string of the molecule is Cn1c(I)c(O)c2cc(O)c(O)cc21. The molecule has 2 aromatic rings. The number of aryl methyl sites for hydroxylation is 1. The van der Waals surface area contributed by atoms with Gasteiger partial charge in [0.1, 0.15) is 3.70 Å². The molecule has 0 bridgehead atoms. The molecule has 0 spiro atoms. The van der Waals surface area contributed by atoms with E-state index >= 15 is 0 Å². The summed E-state index contributed by atoms with van der Waals surface area (Å²) in [6.45, 7) is 0. The number of aromatic hydroxyl groups is 3. The van der Waals surface area contributed by atoms with Gasteiger partial charge in [0, 0.05) is 18.5 Å². The zero-order valence-corrected chi connectivity index (χ0v) is 9.48. The first-order chi connectivity index (χ1) is 6.52. The van der Waals surface area contributed by atoms with Gasteiger partial charge in [-0.3, -0.25) is 0 Å². The van der Waals surface area contributed by atoms with E-state index in [1.807, 2.05) is 22.6 Å². The Hall–Kier alpha value is -1.11. The van der Waals surface area contributed by atoms with Crippen LogP contribution in [0.5, 0.6) is 17.2 Å². The molecule has 0 aliphatic carbocycles. The maximum absolute atomic E-state index is 9.67. The monoisotopic (exact) mass is 305 g/mol. The van der Waals surface area contributed by atoms with Crippen molar-refractivity contribution in [3.8, 4) is 17.2 Å². The number of aromatic nitrogens is 1. The number of nitrogens with zero attached hydrogens (tertiary/aromatic N) is 1. The molecule has 0 radical (unpaired) electrons. The van der Waals surface area contributed by atoms with Gasteiger partial charge in [0.05, 0.1) is 5.52 Å². The number of benzene rings is 1. The van der Waals surface area contributed by atoms with E-state index in [0.717, 1.165) is 0 Å². The predicted molar refractivity (Wildman–Crippen MR) is 60.6 cm³/mol. The Morgan fingerprint density at radius 1 is 1.14 bits per heavy atom. The van der Waals surface area contributed by atoms with Gasteiger partial charge in [0.15, 0.2) is 17.2 Å². The largest absolute Gasteiger partial charge is 0.505 e. The zero-order valence-electron chi connectivity index (χ0n) is 7.32. The van der Waals surface area contributed by atoms with Crippen molar-refractivity contribution in [2.24, 2.45) is 7.05 Å². The molecule has 0 saturated heterocycles. The lowest BCUT2D eigenvalue weighted by Gasteiger charge is -1.99. The van der Waals surface area contributed by atoms with Crippen LogP contribution < -0.4 is 0 Å². The van der Waals surface area contributed by atoms with Gasteiger partial charge >= 0.3 is 0 Å². The first kappa shape index (κ1) is 9.45. The summed E-state index contributed by atoms with van der Waals surface area (Å²) >= 11 is 2.00. The fourth-order valence-corrected chi connectivity index (χ4v) is 1.96. The van der Waals surface area contributed by atoms with Crippen LogP contribution in [0.1, 0.15) is 0 Å². The minimum atomic E-state index is -0.227. The van der Waals surface area contributed by atoms with Crippen LogP contribution >= 0.6 is 22.6 Å². The number of phenols is 2. The summed E-state index contributed by atoms with van der Waals surface area (Å²) in [5.74, 6) is -0.289. The molecule has 2 rings (SSSR count). The third-order valence-corrected chi connectivity index (χ3v) is 3.43. The van der Waals surface area contributed by atoms with Crippen molar-refractivity contribution in [3.05, 3.63) is 15.8 Å². The minimum Gasteiger partial charge on any atom is -0.505 e. The van der Waals surface area contributed by atoms with Crippen LogP contribution in [-0.4, -0.2) is 19.9 Å². The van der Waals surface area contributed by atoms with Gasteiger partial charge < -0.3 is 19.9 Å². The van der Waals surface area contributed by atoms with Crippen molar-refractivity contribution in [3.63, 3.8) is 0 Å². The standard InChI is InChI=1S/C9H8INO3/c1-11-5-3-7(13)6(12)2-4(5)8(14)9(11)10/h2-3,12-14H,1H3. The van der Waals surface area contributed by atoms with E-state index in [0.29, 0.717) is 14.6 Å². The lowest BCUT2D eigenvalue weighted by molar-refractivity contribution is 0.404. The fourth-order valence-electron chi connectivity index (χ4n) is 1.41. The summed E-state index contributed by atoms with van der Waals surface area (Å²) in [5, 5.41) is 28.8. The second-order valence-electron chi connectivity index (χ2n) is 3.06. The highest BCUT2D eigenvalue weighted by atomic mass is 127. The highest BCUT2D eigenvalue weighted by Gasteiger charge is 2.14. The molecule has 0 aliphatic rings. The first-order valence-corrected chi connectivity index (χ1v) is 4.99. The topological polar surface area (TPSA) is 65.6 Å². The van der Waals surface area contributed by atoms with E-state index in [1.54, 1.807) is 11.6 Å². The molecule has 0 amide bonds. The highest BCUT2D eigenvalue weighted by molar-refractivity contribution is 14.1. The van der Waals surface area contributed by atoms with Crippen molar-refractivity contribution in [1.82, 2.24) is 4.57 Å². The maximum atomic E-state index is 9.67. The van der Waals surface area contributed by atoms with Crippen LogP contribution in [0.15, 0.2) is 12.1 Å². The van der Waals surface area contributed by atoms with Gasteiger partial charge in [-0.1, -0.05) is 0 Å². The molecule has 4 nitrogen and oxygen atoms in total. The molecule has 14 heavy (non-hydrogen) atoms. The van der Waals surface area contributed by atoms with Crippen LogP contribution in [-0.2, 0) is 7.05 Å². The number of halogens is 1. The van der Waals surface area contributed by atoms with Crippen molar-refractivity contribution in [2.45, 2.75) is 0 Å². The normalized spacial score (nSPS) is 11.0. The van der Waals surface area contributed by atoms with E-state index in [9.17, 15) is 15.3 Å². The smallest absolute Gasteiger partial charge is 0.159 e. The zero-order chi connectivity index (χ0) is 10.5. The lowest BCUT2D eigenvalue weighted by Crippen LogP contribution is -1.88. The van der Waals surface area contributed by atoms with Crippen LogP contribution in [0, 0.1) is 3.70 Å². The quantitative estimate of drug-likeness (QED) is 0.514. The van der Waals surface area contributed by atoms with Crippen LogP contribution in [0.25, 0.3) is 10.9 Å². The Morgan fingerprint density at radius 3 is 2.36 bits per heavy atom. The molecule has 1 aromatic heterocycles. The molecule has 0 saturated carbocycles. The molecule has 3 N–H and O–H groups in total. The molecule has 1 aromatic carbocycles. The average molecular weight is 305 g/mol. The number of hydrogen-bond donors (Lipinski definition) is 3.